The molecule has 17 heavy (non-hydrogen) atoms. The Morgan fingerprint density at radius 1 is 1.65 bits per heavy atom. The molecule has 1 atom stereocenters. The molecule has 1 aromatic rings. The molecule has 1 amide bonds. The highest BCUT2D eigenvalue weighted by Crippen LogP contribution is 2.30. The van der Waals surface area contributed by atoms with E-state index in [0.717, 1.165) is 38.2 Å². The van der Waals surface area contributed by atoms with Crippen LogP contribution in [0.2, 0.25) is 0 Å². The number of amides is 1. The monoisotopic (exact) mass is 236 g/mol. The van der Waals surface area contributed by atoms with Gasteiger partial charge in [0, 0.05) is 18.9 Å². The lowest BCUT2D eigenvalue weighted by molar-refractivity contribution is -0.132. The Hall–Kier alpha value is -1.36. The highest BCUT2D eigenvalue weighted by molar-refractivity contribution is 5.82. The van der Waals surface area contributed by atoms with E-state index in [2.05, 4.69) is 27.5 Å². The van der Waals surface area contributed by atoms with Crippen molar-refractivity contribution in [3.63, 3.8) is 0 Å². The Bertz CT molecular complexity index is 355. The van der Waals surface area contributed by atoms with Gasteiger partial charge in [-0.05, 0) is 25.8 Å². The van der Waals surface area contributed by atoms with Crippen LogP contribution in [0, 0.1) is 5.41 Å². The summed E-state index contributed by atoms with van der Waals surface area (Å²) in [7, 11) is 0. The highest BCUT2D eigenvalue weighted by atomic mass is 16.2. The second kappa shape index (κ2) is 5.31. The van der Waals surface area contributed by atoms with Crippen molar-refractivity contribution >= 4 is 5.91 Å². The Balaban J connectivity index is 1.93. The summed E-state index contributed by atoms with van der Waals surface area (Å²) < 4.78 is 0. The van der Waals surface area contributed by atoms with Crippen molar-refractivity contribution in [3.8, 4) is 0 Å². The van der Waals surface area contributed by atoms with Crippen LogP contribution in [0.25, 0.3) is 0 Å². The first kappa shape index (κ1) is 12.1. The van der Waals surface area contributed by atoms with Gasteiger partial charge in [-0.25, -0.2) is 4.98 Å². The van der Waals surface area contributed by atoms with Crippen LogP contribution in [-0.2, 0) is 11.3 Å². The molecule has 94 valence electrons. The molecule has 0 bridgehead atoms. The summed E-state index contributed by atoms with van der Waals surface area (Å²) >= 11 is 0. The number of piperidine rings is 1. The number of carbonyl (C=O) groups is 1. The van der Waals surface area contributed by atoms with E-state index >= 15 is 0 Å². The standard InChI is InChI=1S/C12H20N4O/c1-2-12(4-3-5-13-9-12)11(17)16-8-10-14-6-7-15-10/h6-7,13H,2-5,8-9H2,1H3,(H,14,15)(H,16,17). The SMILES string of the molecule is CCC1(C(=O)NCc2ncc[nH]2)CCCNC1. The molecule has 1 aliphatic rings. The molecule has 0 aliphatic carbocycles. The quantitative estimate of drug-likeness (QED) is 0.724. The zero-order valence-corrected chi connectivity index (χ0v) is 10.3. The normalized spacial score (nSPS) is 24.5. The zero-order valence-electron chi connectivity index (χ0n) is 10.3. The van der Waals surface area contributed by atoms with E-state index < -0.39 is 0 Å². The third-order valence-electron chi connectivity index (χ3n) is 3.60. The van der Waals surface area contributed by atoms with Crippen LogP contribution in [0.15, 0.2) is 12.4 Å². The molecule has 1 saturated heterocycles. The number of imidazole rings is 1. The summed E-state index contributed by atoms with van der Waals surface area (Å²) in [6.45, 7) is 4.37. The van der Waals surface area contributed by atoms with Gasteiger partial charge in [0.1, 0.15) is 5.82 Å². The van der Waals surface area contributed by atoms with Crippen molar-refractivity contribution in [2.45, 2.75) is 32.7 Å². The van der Waals surface area contributed by atoms with Gasteiger partial charge in [-0.1, -0.05) is 6.92 Å². The maximum Gasteiger partial charge on any atom is 0.227 e. The molecule has 0 spiro atoms. The van der Waals surface area contributed by atoms with E-state index in [9.17, 15) is 4.79 Å². The molecule has 1 fully saturated rings. The van der Waals surface area contributed by atoms with E-state index in [-0.39, 0.29) is 11.3 Å². The van der Waals surface area contributed by atoms with E-state index in [1.54, 1.807) is 12.4 Å². The van der Waals surface area contributed by atoms with Crippen LogP contribution in [0.1, 0.15) is 32.0 Å². The Morgan fingerprint density at radius 3 is 3.12 bits per heavy atom. The van der Waals surface area contributed by atoms with Gasteiger partial charge in [0.2, 0.25) is 5.91 Å². The summed E-state index contributed by atoms with van der Waals surface area (Å²) in [5.41, 5.74) is -0.231. The Labute approximate surface area is 101 Å². The fourth-order valence-corrected chi connectivity index (χ4v) is 2.37. The van der Waals surface area contributed by atoms with Crippen molar-refractivity contribution in [1.29, 1.82) is 0 Å². The van der Waals surface area contributed by atoms with E-state index in [1.807, 2.05) is 0 Å². The van der Waals surface area contributed by atoms with Gasteiger partial charge in [-0.15, -0.1) is 0 Å². The maximum absolute atomic E-state index is 12.3. The lowest BCUT2D eigenvalue weighted by Gasteiger charge is -2.35. The maximum atomic E-state index is 12.3. The molecule has 1 aliphatic heterocycles. The van der Waals surface area contributed by atoms with Crippen molar-refractivity contribution in [2.24, 2.45) is 5.41 Å². The zero-order chi connectivity index (χ0) is 12.1. The second-order valence-corrected chi connectivity index (χ2v) is 4.63. The summed E-state index contributed by atoms with van der Waals surface area (Å²) in [5.74, 6) is 0.942. The molecule has 0 radical (unpaired) electrons. The average molecular weight is 236 g/mol. The molecule has 2 rings (SSSR count). The van der Waals surface area contributed by atoms with Crippen LogP contribution >= 0.6 is 0 Å². The minimum atomic E-state index is -0.231. The van der Waals surface area contributed by atoms with E-state index in [0.29, 0.717) is 6.54 Å². The predicted octanol–water partition coefficient (Wildman–Crippen LogP) is 0.806. The number of aromatic nitrogens is 2. The van der Waals surface area contributed by atoms with Gasteiger partial charge in [0.25, 0.3) is 0 Å². The topological polar surface area (TPSA) is 69.8 Å². The fraction of sp³-hybridized carbons (Fsp3) is 0.667. The van der Waals surface area contributed by atoms with Crippen molar-refractivity contribution in [1.82, 2.24) is 20.6 Å². The molecule has 2 heterocycles. The first-order valence-electron chi connectivity index (χ1n) is 6.24. The van der Waals surface area contributed by atoms with Crippen molar-refractivity contribution < 1.29 is 4.79 Å². The highest BCUT2D eigenvalue weighted by Gasteiger charge is 2.37. The van der Waals surface area contributed by atoms with Crippen LogP contribution in [0.3, 0.4) is 0 Å². The summed E-state index contributed by atoms with van der Waals surface area (Å²) in [6.07, 6.45) is 6.38. The largest absolute Gasteiger partial charge is 0.348 e. The molecule has 5 heteroatoms. The number of rotatable bonds is 4. The molecule has 5 nitrogen and oxygen atoms in total. The number of hydrogen-bond acceptors (Lipinski definition) is 3. The summed E-state index contributed by atoms with van der Waals surface area (Å²) in [5, 5.41) is 6.29. The minimum Gasteiger partial charge on any atom is -0.348 e. The number of carbonyl (C=O) groups excluding carboxylic acids is 1. The Kier molecular flexibility index (Phi) is 3.78. The number of nitrogens with one attached hydrogen (secondary N) is 3. The molecule has 0 aromatic carbocycles. The predicted molar refractivity (Wildman–Crippen MR) is 65.3 cm³/mol. The van der Waals surface area contributed by atoms with Crippen molar-refractivity contribution in [3.05, 3.63) is 18.2 Å². The number of aromatic amines is 1. The molecule has 1 unspecified atom stereocenters. The third-order valence-corrected chi connectivity index (χ3v) is 3.60. The summed E-state index contributed by atoms with van der Waals surface area (Å²) in [4.78, 5) is 19.3. The molecule has 0 saturated carbocycles. The molecular formula is C12H20N4O. The first-order valence-corrected chi connectivity index (χ1v) is 6.24. The third kappa shape index (κ3) is 2.66. The molecule has 1 aromatic heterocycles. The lowest BCUT2D eigenvalue weighted by Crippen LogP contribution is -2.50. The van der Waals surface area contributed by atoms with Crippen LogP contribution in [-0.4, -0.2) is 29.0 Å². The average Bonchev–Trinajstić information content (AvgIpc) is 2.90. The number of hydrogen-bond donors (Lipinski definition) is 3. The summed E-state index contributed by atoms with van der Waals surface area (Å²) in [6, 6.07) is 0. The van der Waals surface area contributed by atoms with E-state index in [1.165, 1.54) is 0 Å². The lowest BCUT2D eigenvalue weighted by atomic mass is 9.77. The van der Waals surface area contributed by atoms with Crippen LogP contribution in [0.5, 0.6) is 0 Å². The van der Waals surface area contributed by atoms with Gasteiger partial charge in [0.05, 0.1) is 12.0 Å². The Morgan fingerprint density at radius 2 is 2.53 bits per heavy atom. The van der Waals surface area contributed by atoms with Gasteiger partial charge in [0.15, 0.2) is 0 Å². The number of nitrogens with zero attached hydrogens (tertiary/aromatic N) is 1. The molecule has 3 N–H and O–H groups in total. The van der Waals surface area contributed by atoms with Crippen LogP contribution in [0.4, 0.5) is 0 Å². The van der Waals surface area contributed by atoms with Crippen molar-refractivity contribution in [2.75, 3.05) is 13.1 Å². The van der Waals surface area contributed by atoms with Gasteiger partial charge in [-0.3, -0.25) is 4.79 Å². The van der Waals surface area contributed by atoms with Gasteiger partial charge >= 0.3 is 0 Å². The van der Waals surface area contributed by atoms with Gasteiger partial charge < -0.3 is 15.6 Å². The molecular weight excluding hydrogens is 216 g/mol. The second-order valence-electron chi connectivity index (χ2n) is 4.63. The smallest absolute Gasteiger partial charge is 0.227 e. The number of H-pyrrole nitrogens is 1. The first-order chi connectivity index (χ1) is 8.27. The van der Waals surface area contributed by atoms with E-state index in [4.69, 9.17) is 0 Å². The minimum absolute atomic E-state index is 0.142. The van der Waals surface area contributed by atoms with Crippen LogP contribution < -0.4 is 10.6 Å². The van der Waals surface area contributed by atoms with Gasteiger partial charge in [-0.2, -0.15) is 0 Å². The fourth-order valence-electron chi connectivity index (χ4n) is 2.37.